The van der Waals surface area contributed by atoms with Crippen LogP contribution in [-0.4, -0.2) is 10.1 Å². The summed E-state index contributed by atoms with van der Waals surface area (Å²) in [4.78, 5) is 13.5. The number of H-pyrrole nitrogens is 1. The smallest absolute Gasteiger partial charge is 0.252 e. The normalized spacial score (nSPS) is 9.93. The fourth-order valence-electron chi connectivity index (χ4n) is 1.31. The second-order valence-corrected chi connectivity index (χ2v) is 2.89. The van der Waals surface area contributed by atoms with Crippen molar-refractivity contribution in [1.29, 1.82) is 5.26 Å². The minimum Gasteiger partial charge on any atom is -0.507 e. The van der Waals surface area contributed by atoms with Crippen LogP contribution < -0.4 is 5.56 Å². The van der Waals surface area contributed by atoms with E-state index in [1.807, 2.05) is 6.07 Å². The van der Waals surface area contributed by atoms with Crippen LogP contribution >= 0.6 is 0 Å². The van der Waals surface area contributed by atoms with Gasteiger partial charge in [-0.1, -0.05) is 0 Å². The van der Waals surface area contributed by atoms with E-state index in [-0.39, 0.29) is 11.3 Å². The van der Waals surface area contributed by atoms with Gasteiger partial charge >= 0.3 is 0 Å². The van der Waals surface area contributed by atoms with Crippen LogP contribution in [0.5, 0.6) is 5.75 Å². The van der Waals surface area contributed by atoms with Gasteiger partial charge in [0.15, 0.2) is 0 Å². The highest BCUT2D eigenvalue weighted by Gasteiger charge is 2.02. The molecule has 0 saturated heterocycles. The van der Waals surface area contributed by atoms with Crippen molar-refractivity contribution in [2.24, 2.45) is 0 Å². The minimum absolute atomic E-state index is 0.110. The van der Waals surface area contributed by atoms with E-state index in [9.17, 15) is 9.90 Å². The molecule has 2 N–H and O–H groups in total. The molecule has 0 aliphatic carbocycles. The number of rotatable bonds is 0. The van der Waals surface area contributed by atoms with Crippen molar-refractivity contribution in [1.82, 2.24) is 4.98 Å². The number of nitriles is 1. The van der Waals surface area contributed by atoms with Gasteiger partial charge < -0.3 is 10.1 Å². The van der Waals surface area contributed by atoms with Gasteiger partial charge in [-0.25, -0.2) is 0 Å². The standard InChI is InChI=1S/C10H6N2O2/c11-5-6-1-2-8-7(3-6)9(13)4-10(14)12-8/h1-4H,(H2,12,13,14). The molecule has 0 unspecified atom stereocenters. The Morgan fingerprint density at radius 2 is 2.14 bits per heavy atom. The first-order chi connectivity index (χ1) is 6.70. The largest absolute Gasteiger partial charge is 0.507 e. The molecule has 14 heavy (non-hydrogen) atoms. The Morgan fingerprint density at radius 3 is 2.86 bits per heavy atom. The quantitative estimate of drug-likeness (QED) is 0.646. The third-order valence-electron chi connectivity index (χ3n) is 1.95. The van der Waals surface area contributed by atoms with Gasteiger partial charge in [0.25, 0.3) is 5.56 Å². The maximum atomic E-state index is 11.0. The zero-order valence-corrected chi connectivity index (χ0v) is 7.11. The number of aromatic hydroxyl groups is 1. The number of nitrogens with zero attached hydrogens (tertiary/aromatic N) is 1. The summed E-state index contributed by atoms with van der Waals surface area (Å²) in [6.07, 6.45) is 0. The fraction of sp³-hybridized carbons (Fsp3) is 0. The lowest BCUT2D eigenvalue weighted by Crippen LogP contribution is -2.02. The van der Waals surface area contributed by atoms with E-state index in [0.29, 0.717) is 16.5 Å². The lowest BCUT2D eigenvalue weighted by atomic mass is 10.1. The van der Waals surface area contributed by atoms with Crippen molar-refractivity contribution in [3.05, 3.63) is 40.2 Å². The SMILES string of the molecule is N#Cc1ccc2[nH]c(=O)cc(O)c2c1. The van der Waals surface area contributed by atoms with E-state index >= 15 is 0 Å². The molecule has 2 rings (SSSR count). The first kappa shape index (κ1) is 8.32. The Bertz CT molecular complexity index is 593. The molecule has 0 spiro atoms. The molecule has 0 amide bonds. The zero-order chi connectivity index (χ0) is 10.1. The van der Waals surface area contributed by atoms with Gasteiger partial charge in [-0.15, -0.1) is 0 Å². The summed E-state index contributed by atoms with van der Waals surface area (Å²) in [5.74, 6) is -0.110. The molecule has 0 fully saturated rings. The van der Waals surface area contributed by atoms with E-state index in [1.54, 1.807) is 12.1 Å². The maximum Gasteiger partial charge on any atom is 0.252 e. The molecule has 0 aliphatic rings. The van der Waals surface area contributed by atoms with Gasteiger partial charge in [0.1, 0.15) is 5.75 Å². The highest BCUT2D eigenvalue weighted by molar-refractivity contribution is 5.85. The summed E-state index contributed by atoms with van der Waals surface area (Å²) >= 11 is 0. The summed E-state index contributed by atoms with van der Waals surface area (Å²) in [6.45, 7) is 0. The summed E-state index contributed by atoms with van der Waals surface area (Å²) in [6, 6.07) is 7.75. The van der Waals surface area contributed by atoms with E-state index in [1.165, 1.54) is 6.07 Å². The average Bonchev–Trinajstić information content (AvgIpc) is 2.17. The molecule has 1 heterocycles. The molecule has 0 radical (unpaired) electrons. The van der Waals surface area contributed by atoms with Crippen LogP contribution in [-0.2, 0) is 0 Å². The van der Waals surface area contributed by atoms with Gasteiger partial charge in [0.05, 0.1) is 17.1 Å². The van der Waals surface area contributed by atoms with E-state index < -0.39 is 0 Å². The number of benzene rings is 1. The summed E-state index contributed by atoms with van der Waals surface area (Å²) in [7, 11) is 0. The van der Waals surface area contributed by atoms with Crippen molar-refractivity contribution < 1.29 is 5.11 Å². The van der Waals surface area contributed by atoms with Crippen LogP contribution in [0.25, 0.3) is 10.9 Å². The topological polar surface area (TPSA) is 76.9 Å². The van der Waals surface area contributed by atoms with E-state index in [4.69, 9.17) is 5.26 Å². The van der Waals surface area contributed by atoms with Crippen LogP contribution in [0.15, 0.2) is 29.1 Å². The minimum atomic E-state index is -0.361. The molecule has 4 nitrogen and oxygen atoms in total. The lowest BCUT2D eigenvalue weighted by molar-refractivity contribution is 0.480. The summed E-state index contributed by atoms with van der Waals surface area (Å²) < 4.78 is 0. The molecule has 1 aromatic carbocycles. The lowest BCUT2D eigenvalue weighted by Gasteiger charge is -1.99. The highest BCUT2D eigenvalue weighted by Crippen LogP contribution is 2.21. The zero-order valence-electron chi connectivity index (χ0n) is 7.11. The highest BCUT2D eigenvalue weighted by atomic mass is 16.3. The molecule has 1 aromatic heterocycles. The van der Waals surface area contributed by atoms with E-state index in [0.717, 1.165) is 6.07 Å². The Hall–Kier alpha value is -2.28. The Morgan fingerprint density at radius 1 is 1.36 bits per heavy atom. The van der Waals surface area contributed by atoms with Gasteiger partial charge in [-0.3, -0.25) is 4.79 Å². The number of pyridine rings is 1. The number of aromatic amines is 1. The number of hydrogen-bond acceptors (Lipinski definition) is 3. The molecular formula is C10H6N2O2. The van der Waals surface area contributed by atoms with Crippen LogP contribution in [0.1, 0.15) is 5.56 Å². The molecule has 0 bridgehead atoms. The van der Waals surface area contributed by atoms with Crippen LogP contribution in [0.4, 0.5) is 0 Å². The first-order valence-electron chi connectivity index (χ1n) is 3.97. The van der Waals surface area contributed by atoms with Gasteiger partial charge in [0.2, 0.25) is 0 Å². The van der Waals surface area contributed by atoms with Crippen molar-refractivity contribution in [3.8, 4) is 11.8 Å². The third-order valence-corrected chi connectivity index (χ3v) is 1.95. The summed E-state index contributed by atoms with van der Waals surface area (Å²) in [5, 5.41) is 18.6. The third kappa shape index (κ3) is 1.21. The second kappa shape index (κ2) is 2.89. The predicted molar refractivity (Wildman–Crippen MR) is 50.9 cm³/mol. The van der Waals surface area contributed by atoms with Crippen molar-refractivity contribution >= 4 is 10.9 Å². The van der Waals surface area contributed by atoms with Crippen molar-refractivity contribution in [3.63, 3.8) is 0 Å². The number of nitrogens with one attached hydrogen (secondary N) is 1. The summed E-state index contributed by atoms with van der Waals surface area (Å²) in [5.41, 5.74) is 0.605. The van der Waals surface area contributed by atoms with Crippen molar-refractivity contribution in [2.75, 3.05) is 0 Å². The monoisotopic (exact) mass is 186 g/mol. The van der Waals surface area contributed by atoms with Crippen LogP contribution in [0.2, 0.25) is 0 Å². The maximum absolute atomic E-state index is 11.0. The molecule has 2 aromatic rings. The van der Waals surface area contributed by atoms with Crippen molar-refractivity contribution in [2.45, 2.75) is 0 Å². The number of aromatic nitrogens is 1. The molecular weight excluding hydrogens is 180 g/mol. The Kier molecular flexibility index (Phi) is 1.72. The molecule has 0 atom stereocenters. The fourth-order valence-corrected chi connectivity index (χ4v) is 1.31. The van der Waals surface area contributed by atoms with Gasteiger partial charge in [-0.05, 0) is 18.2 Å². The number of fused-ring (bicyclic) bond motifs is 1. The Labute approximate surface area is 79.0 Å². The van der Waals surface area contributed by atoms with E-state index in [2.05, 4.69) is 4.98 Å². The average molecular weight is 186 g/mol. The Balaban J connectivity index is 2.90. The molecule has 68 valence electrons. The molecule has 4 heteroatoms. The molecule has 0 aliphatic heterocycles. The first-order valence-corrected chi connectivity index (χ1v) is 3.97. The van der Waals surface area contributed by atoms with Crippen LogP contribution in [0.3, 0.4) is 0 Å². The van der Waals surface area contributed by atoms with Gasteiger partial charge in [0, 0.05) is 11.5 Å². The predicted octanol–water partition coefficient (Wildman–Crippen LogP) is 1.11. The van der Waals surface area contributed by atoms with Crippen LogP contribution in [0, 0.1) is 11.3 Å². The number of hydrogen-bond donors (Lipinski definition) is 2. The second-order valence-electron chi connectivity index (χ2n) is 2.89. The van der Waals surface area contributed by atoms with Gasteiger partial charge in [-0.2, -0.15) is 5.26 Å². The molecule has 0 saturated carbocycles.